The highest BCUT2D eigenvalue weighted by Gasteiger charge is 2.37. The van der Waals surface area contributed by atoms with Crippen LogP contribution in [0.15, 0.2) is 138 Å². The molecular weight excluding hydrogens is 1860 g/mol. The molecule has 0 spiro atoms. The maximum Gasteiger partial charge on any atom is 0.573 e. The van der Waals surface area contributed by atoms with E-state index in [0.717, 1.165) is 251 Å². The molecule has 0 unspecified atom stereocenters. The molecule has 10 aliphatic rings. The monoisotopic (exact) mass is 2020 g/mol. The molecular formula is C111H163F6N11O12S2. The number of amides is 10. The Bertz CT molecular complexity index is 4660. The number of hydrogen-bond acceptors (Lipinski definition) is 15. The van der Waals surface area contributed by atoms with Gasteiger partial charge in [0.2, 0.25) is 47.3 Å². The molecule has 8 aliphatic carbocycles. The van der Waals surface area contributed by atoms with E-state index in [1.165, 1.54) is 110 Å². The number of ether oxygens (including phenoxy) is 2. The molecule has 0 bridgehead atoms. The van der Waals surface area contributed by atoms with Crippen molar-refractivity contribution in [3.8, 4) is 5.75 Å². The Hall–Kier alpha value is -9.46. The third kappa shape index (κ3) is 42.3. The van der Waals surface area contributed by atoms with Gasteiger partial charge < -0.3 is 50.8 Å². The Morgan fingerprint density at radius 3 is 1.21 bits per heavy atom. The number of rotatable bonds is 16. The Labute approximate surface area is 848 Å². The van der Waals surface area contributed by atoms with Crippen molar-refractivity contribution in [2.45, 2.75) is 293 Å². The summed E-state index contributed by atoms with van der Waals surface area (Å²) in [5, 5.41) is 22.7. The molecule has 4 heterocycles. The number of hydroxylamine groups is 1. The Balaban J connectivity index is 0.000000197. The predicted molar refractivity (Wildman–Crippen MR) is 554 cm³/mol. The molecule has 16 rings (SSSR count). The van der Waals surface area contributed by atoms with Gasteiger partial charge in [-0.1, -0.05) is 123 Å². The first kappa shape index (κ1) is 118. The summed E-state index contributed by atoms with van der Waals surface area (Å²) in [6.07, 6.45) is 27.7. The summed E-state index contributed by atoms with van der Waals surface area (Å²) in [4.78, 5) is 119. The number of benzene rings is 4. The lowest BCUT2D eigenvalue weighted by Gasteiger charge is -2.33. The Morgan fingerprint density at radius 2 is 0.817 bits per heavy atom. The maximum absolute atomic E-state index is 12.7. The molecule has 788 valence electrons. The average Bonchev–Trinajstić information content (AvgIpc) is 1.24. The SMILES string of the molecule is CC1CCC(C(=O)N(C)c2cccc(C(F)(F)F)c2)CC1.CC1CCC(C(=O)N(C)c2ccccc2)CC1.CC1CCC(C(=O)N(C)c2nccs2)CC1.CC1CCC(C(=O)N2CCOCC2)CC1.CC1CCC(C(=O)NCc2ccccc2)CC1.CC1CCC(C(=O)NO)CC1.CC1CCC(C(=O)Nc2cccc(OC(F)(F)F)c2)CC1.CC1CCC(C(=O)Nc2cccs2)CC1.C[C@H]1CCN(C(N)=O)C1. The van der Waals surface area contributed by atoms with Crippen molar-refractivity contribution in [1.82, 2.24) is 25.6 Å². The van der Waals surface area contributed by atoms with Crippen LogP contribution in [-0.4, -0.2) is 140 Å². The van der Waals surface area contributed by atoms with Crippen LogP contribution in [0, 0.1) is 101 Å². The van der Waals surface area contributed by atoms with Gasteiger partial charge >= 0.3 is 18.6 Å². The van der Waals surface area contributed by atoms with E-state index in [-0.39, 0.29) is 94.6 Å². The van der Waals surface area contributed by atoms with Crippen LogP contribution >= 0.6 is 22.7 Å². The van der Waals surface area contributed by atoms with E-state index in [2.05, 4.69) is 88.0 Å². The van der Waals surface area contributed by atoms with E-state index in [1.54, 1.807) is 56.9 Å². The number of alkyl halides is 6. The lowest BCUT2D eigenvalue weighted by molar-refractivity contribution is -0.274. The van der Waals surface area contributed by atoms with Crippen molar-refractivity contribution in [1.29, 1.82) is 0 Å². The molecule has 10 amide bonds. The summed E-state index contributed by atoms with van der Waals surface area (Å²) in [6.45, 7) is 25.4. The van der Waals surface area contributed by atoms with Crippen LogP contribution in [0.2, 0.25) is 0 Å². The second-order valence-corrected chi connectivity index (χ2v) is 43.7. The van der Waals surface area contributed by atoms with Gasteiger partial charge in [-0.2, -0.15) is 13.2 Å². The number of likely N-dealkylation sites (tertiary alicyclic amines) is 1. The summed E-state index contributed by atoms with van der Waals surface area (Å²) in [5.74, 6) is 8.39. The van der Waals surface area contributed by atoms with Crippen molar-refractivity contribution < 1.29 is 84.2 Å². The van der Waals surface area contributed by atoms with Crippen molar-refractivity contribution in [3.05, 3.63) is 149 Å². The van der Waals surface area contributed by atoms with E-state index in [4.69, 9.17) is 15.7 Å². The third-order valence-corrected chi connectivity index (χ3v) is 31.6. The quantitative estimate of drug-likeness (QED) is 0.0299. The minimum atomic E-state index is -4.73. The van der Waals surface area contributed by atoms with E-state index < -0.39 is 18.1 Å². The number of hydrogen-bond donors (Lipinski definition) is 6. The highest BCUT2D eigenvalue weighted by Crippen LogP contribution is 2.40. The number of primary amides is 1. The number of nitrogens with one attached hydrogen (secondary N) is 4. The molecule has 23 nitrogen and oxygen atoms in total. The summed E-state index contributed by atoms with van der Waals surface area (Å²) >= 11 is 3.10. The topological polar surface area (TPSA) is 296 Å². The van der Waals surface area contributed by atoms with Crippen molar-refractivity contribution in [2.75, 3.05) is 85.9 Å². The van der Waals surface area contributed by atoms with E-state index in [9.17, 15) is 69.5 Å². The number of nitrogens with zero attached hydrogens (tertiary/aromatic N) is 6. The molecule has 142 heavy (non-hydrogen) atoms. The number of para-hydroxylation sites is 1. The zero-order chi connectivity index (χ0) is 103. The number of nitrogens with two attached hydrogens (primary N) is 1. The van der Waals surface area contributed by atoms with Crippen molar-refractivity contribution in [3.63, 3.8) is 0 Å². The molecule has 2 aliphatic heterocycles. The van der Waals surface area contributed by atoms with Gasteiger partial charge in [-0.25, -0.2) is 15.3 Å². The van der Waals surface area contributed by atoms with E-state index in [0.29, 0.717) is 47.5 Å². The van der Waals surface area contributed by atoms with Gasteiger partial charge in [0, 0.05) is 136 Å². The molecule has 2 aromatic heterocycles. The number of morpholine rings is 1. The van der Waals surface area contributed by atoms with Crippen LogP contribution < -0.4 is 46.6 Å². The lowest BCUT2D eigenvalue weighted by Crippen LogP contribution is -2.44. The molecule has 31 heteroatoms. The minimum absolute atomic E-state index is 0.0520. The number of urea groups is 1. The molecule has 2 saturated heterocycles. The number of aromatic nitrogens is 1. The lowest BCUT2D eigenvalue weighted by atomic mass is 9.82. The van der Waals surface area contributed by atoms with Gasteiger partial charge in [0.25, 0.3) is 0 Å². The second kappa shape index (κ2) is 61.1. The zero-order valence-corrected chi connectivity index (χ0v) is 87.8. The Kier molecular flexibility index (Phi) is 50.7. The highest BCUT2D eigenvalue weighted by molar-refractivity contribution is 7.14. The fraction of sp³-hybridized carbons (Fsp3) is 0.640. The standard InChI is InChI=1S/C16H20F3NO.C15H18F3NO2.2C15H21NO.C12H18N2OS.C12H21NO2.C12H17NOS.C8H15NO2.C6H12N2O/c1-11-6-8-12(9-7-11)15(21)20(2)14-5-3-4-13(10-14)16(17,18)19;1-10-5-7-11(8-6-10)14(20)19-12-3-2-4-13(9-12)21-15(16,17)18;1-12-8-10-13(11-9-12)15(17)16(2)14-6-4-3-5-7-14;1-12-7-9-14(10-8-12)15(17)16-11-13-5-3-2-4-6-13;1-9-3-5-10(6-4-9)11(15)14(2)12-13-7-8-16-12;1-10-2-4-11(5-3-10)12(14)13-6-8-15-9-7-13;1-9-4-6-10(7-5-9)12(14)13-11-3-2-8-15-11;1-6-2-4-7(5-3-6)8(10)9-11;1-5-2-3-8(4-5)6(7)9/h3-5,10-12H,6-9H2,1-2H3;2-4,9-11H,5-8H2,1H3,(H,19,20);3-7,12-13H,8-11H2,1-2H3;2-6,12,14H,7-11H2,1H3,(H,16,17);7-10H,3-6H2,1-2H3;10-11H,2-9H2,1H3;2-3,8-10H,4-7H2,1H3,(H,13,14);6-7,11H,2-5H2,1H3,(H,9,10);5H,2-4H2,1H3,(H2,7,9)/t;;;;;;;;5-/m........0/s1. The fourth-order valence-electron chi connectivity index (χ4n) is 20.0. The Morgan fingerprint density at radius 1 is 0.415 bits per heavy atom. The third-order valence-electron chi connectivity index (χ3n) is 30.0. The molecule has 8 saturated carbocycles. The van der Waals surface area contributed by atoms with Gasteiger partial charge in [0.15, 0.2) is 5.13 Å². The molecule has 6 aromatic rings. The molecule has 7 N–H and O–H groups in total. The number of halogens is 6. The van der Waals surface area contributed by atoms with Crippen LogP contribution in [-0.2, 0) is 55.8 Å². The van der Waals surface area contributed by atoms with Crippen LogP contribution in [0.5, 0.6) is 5.75 Å². The molecule has 10 fully saturated rings. The average molecular weight is 2020 g/mol. The van der Waals surface area contributed by atoms with Crippen molar-refractivity contribution in [2.24, 2.45) is 106 Å². The number of thiophene rings is 1. The van der Waals surface area contributed by atoms with Gasteiger partial charge in [0.05, 0.1) is 23.8 Å². The minimum Gasteiger partial charge on any atom is -0.406 e. The van der Waals surface area contributed by atoms with Crippen LogP contribution in [0.3, 0.4) is 0 Å². The van der Waals surface area contributed by atoms with Crippen LogP contribution in [0.25, 0.3) is 0 Å². The second-order valence-electron chi connectivity index (χ2n) is 41.9. The largest absolute Gasteiger partial charge is 0.573 e. The number of carbonyl (C=O) groups is 9. The predicted octanol–water partition coefficient (Wildman–Crippen LogP) is 25.3. The first-order chi connectivity index (χ1) is 67.7. The number of thiazole rings is 1. The van der Waals surface area contributed by atoms with Crippen LogP contribution in [0.1, 0.15) is 285 Å². The first-order valence-electron chi connectivity index (χ1n) is 52.3. The summed E-state index contributed by atoms with van der Waals surface area (Å²) in [7, 11) is 5.27. The number of anilines is 5. The smallest absolute Gasteiger partial charge is 0.406 e. The first-order valence-corrected chi connectivity index (χ1v) is 54.1. The van der Waals surface area contributed by atoms with Crippen LogP contribution in [0.4, 0.5) is 58.3 Å². The molecule has 0 radical (unpaired) electrons. The summed E-state index contributed by atoms with van der Waals surface area (Å²) < 4.78 is 83.7. The van der Waals surface area contributed by atoms with Gasteiger partial charge in [0.1, 0.15) is 5.75 Å². The van der Waals surface area contributed by atoms with Gasteiger partial charge in [-0.05, 0) is 331 Å². The van der Waals surface area contributed by atoms with Gasteiger partial charge in [-0.15, -0.1) is 35.8 Å². The van der Waals surface area contributed by atoms with E-state index in [1.807, 2.05) is 103 Å². The summed E-state index contributed by atoms with van der Waals surface area (Å²) in [6, 6.07) is 33.9. The molecule has 1 atom stereocenters. The maximum atomic E-state index is 12.7. The van der Waals surface area contributed by atoms with Gasteiger partial charge in [-0.3, -0.25) is 48.5 Å². The highest BCUT2D eigenvalue weighted by atomic mass is 32.1. The van der Waals surface area contributed by atoms with Crippen molar-refractivity contribution >= 4 is 103 Å². The van der Waals surface area contributed by atoms with E-state index >= 15 is 0 Å². The molecule has 4 aromatic carbocycles. The summed E-state index contributed by atoms with van der Waals surface area (Å²) in [5.41, 5.74) is 8.82. The number of carbonyl (C=O) groups excluding carboxylic acids is 9. The normalized spacial score (nSPS) is 25.8. The fourth-order valence-corrected chi connectivity index (χ4v) is 21.2. The zero-order valence-electron chi connectivity index (χ0n) is 86.2.